The minimum absolute atomic E-state index is 0.0833. The molecule has 0 spiro atoms. The molecule has 8 heavy (non-hydrogen) atoms. The number of hydrogen-bond acceptors (Lipinski definition) is 1. The first kappa shape index (κ1) is 7.96. The molecule has 0 aromatic rings. The Morgan fingerprint density at radius 1 is 1.25 bits per heavy atom. The normalized spacial score (nSPS) is 18.0. The monoisotopic (exact) mass is 116 g/mol. The molecule has 1 unspecified atom stereocenters. The van der Waals surface area contributed by atoms with Crippen molar-refractivity contribution in [3.8, 4) is 0 Å². The van der Waals surface area contributed by atoms with Gasteiger partial charge in [0.2, 0.25) is 0 Å². The molecule has 0 aromatic carbocycles. The zero-order chi connectivity index (χ0) is 6.57. The molecule has 0 aromatic heterocycles. The average molecular weight is 116 g/mol. The predicted octanol–water partition coefficient (Wildman–Crippen LogP) is 1.80. The second-order valence-electron chi connectivity index (χ2n) is 2.36. The van der Waals surface area contributed by atoms with E-state index in [4.69, 9.17) is 5.11 Å². The zero-order valence-corrected chi connectivity index (χ0v) is 6.02. The number of aliphatic hydroxyl groups is 1. The van der Waals surface area contributed by atoms with Crippen LogP contribution in [-0.2, 0) is 0 Å². The molecule has 0 saturated heterocycles. The van der Waals surface area contributed by atoms with Crippen molar-refractivity contribution in [3.05, 3.63) is 0 Å². The van der Waals surface area contributed by atoms with Gasteiger partial charge < -0.3 is 5.11 Å². The summed E-state index contributed by atoms with van der Waals surface area (Å²) in [7, 11) is 0. The molecule has 0 bridgehead atoms. The Balaban J connectivity index is 3.29. The Labute approximate surface area is 51.7 Å². The summed E-state index contributed by atoms with van der Waals surface area (Å²) < 4.78 is 0. The molecule has 0 aliphatic heterocycles. The van der Waals surface area contributed by atoms with Crippen LogP contribution in [0.1, 0.15) is 33.6 Å². The van der Waals surface area contributed by atoms with Gasteiger partial charge in [-0.2, -0.15) is 0 Å². The lowest BCUT2D eigenvalue weighted by molar-refractivity contribution is 0.111. The minimum atomic E-state index is -0.0833. The van der Waals surface area contributed by atoms with Crippen molar-refractivity contribution < 1.29 is 5.11 Å². The van der Waals surface area contributed by atoms with Gasteiger partial charge in [-0.05, 0) is 12.3 Å². The van der Waals surface area contributed by atoms with Crippen LogP contribution in [0.4, 0.5) is 0 Å². The van der Waals surface area contributed by atoms with E-state index in [9.17, 15) is 0 Å². The van der Waals surface area contributed by atoms with Gasteiger partial charge in [-0.3, -0.25) is 0 Å². The van der Waals surface area contributed by atoms with Gasteiger partial charge in [-0.1, -0.05) is 27.2 Å². The van der Waals surface area contributed by atoms with Gasteiger partial charge in [0.1, 0.15) is 0 Å². The van der Waals surface area contributed by atoms with Crippen molar-refractivity contribution in [2.75, 3.05) is 0 Å². The highest BCUT2D eigenvalue weighted by atomic mass is 16.3. The van der Waals surface area contributed by atoms with E-state index in [1.165, 1.54) is 0 Å². The van der Waals surface area contributed by atoms with E-state index < -0.39 is 0 Å². The lowest BCUT2D eigenvalue weighted by Crippen LogP contribution is -2.14. The van der Waals surface area contributed by atoms with Crippen LogP contribution in [0.5, 0.6) is 0 Å². The van der Waals surface area contributed by atoms with E-state index >= 15 is 0 Å². The molecule has 1 heteroatoms. The predicted molar refractivity (Wildman–Crippen MR) is 35.8 cm³/mol. The van der Waals surface area contributed by atoms with Crippen LogP contribution in [0.15, 0.2) is 0 Å². The molecule has 0 radical (unpaired) electrons. The maximum Gasteiger partial charge on any atom is 0.0563 e. The third kappa shape index (κ3) is 2.31. The van der Waals surface area contributed by atoms with E-state index in [1.807, 2.05) is 6.92 Å². The van der Waals surface area contributed by atoms with Crippen molar-refractivity contribution in [3.63, 3.8) is 0 Å². The van der Waals surface area contributed by atoms with Gasteiger partial charge in [0.05, 0.1) is 6.10 Å². The molecular formula is C7H16O. The molecule has 0 aliphatic carbocycles. The van der Waals surface area contributed by atoms with Crippen LogP contribution >= 0.6 is 0 Å². The first-order valence-electron chi connectivity index (χ1n) is 3.40. The quantitative estimate of drug-likeness (QED) is 0.596. The van der Waals surface area contributed by atoms with Crippen LogP contribution in [-0.4, -0.2) is 11.2 Å². The number of aliphatic hydroxyl groups excluding tert-OH is 1. The van der Waals surface area contributed by atoms with Crippen LogP contribution in [0.2, 0.25) is 0 Å². The van der Waals surface area contributed by atoms with Gasteiger partial charge >= 0.3 is 0 Å². The second-order valence-corrected chi connectivity index (χ2v) is 2.36. The summed E-state index contributed by atoms with van der Waals surface area (Å²) in [5.74, 6) is 0.472. The Hall–Kier alpha value is -0.0400. The Morgan fingerprint density at radius 3 is 1.88 bits per heavy atom. The van der Waals surface area contributed by atoms with Crippen LogP contribution in [0, 0.1) is 5.92 Å². The topological polar surface area (TPSA) is 20.2 Å². The smallest absolute Gasteiger partial charge is 0.0563 e. The van der Waals surface area contributed by atoms with Gasteiger partial charge in [0.25, 0.3) is 0 Å². The summed E-state index contributed by atoms with van der Waals surface area (Å²) in [5, 5.41) is 9.13. The third-order valence-electron chi connectivity index (χ3n) is 1.72. The average Bonchev–Trinajstić information content (AvgIpc) is 1.84. The lowest BCUT2D eigenvalue weighted by atomic mass is 10.0. The Bertz CT molecular complexity index is 44.3. The van der Waals surface area contributed by atoms with Crippen LogP contribution in [0.25, 0.3) is 0 Å². The van der Waals surface area contributed by atoms with E-state index in [0.717, 1.165) is 12.8 Å². The zero-order valence-electron chi connectivity index (χ0n) is 6.02. The largest absolute Gasteiger partial charge is 0.393 e. The third-order valence-corrected chi connectivity index (χ3v) is 1.72. The van der Waals surface area contributed by atoms with Crippen LogP contribution < -0.4 is 0 Å². The molecule has 0 rings (SSSR count). The van der Waals surface area contributed by atoms with Crippen molar-refractivity contribution in [2.24, 2.45) is 5.92 Å². The van der Waals surface area contributed by atoms with Crippen LogP contribution in [0.3, 0.4) is 0 Å². The molecular weight excluding hydrogens is 100 g/mol. The maximum atomic E-state index is 9.13. The van der Waals surface area contributed by atoms with Crippen molar-refractivity contribution >= 4 is 0 Å². The summed E-state index contributed by atoms with van der Waals surface area (Å²) in [4.78, 5) is 0. The second kappa shape index (κ2) is 3.90. The molecule has 1 N–H and O–H groups in total. The molecule has 0 heterocycles. The highest BCUT2D eigenvalue weighted by Crippen LogP contribution is 2.09. The van der Waals surface area contributed by atoms with Gasteiger partial charge in [0.15, 0.2) is 0 Å². The molecule has 1 nitrogen and oxygen atoms in total. The van der Waals surface area contributed by atoms with Crippen molar-refractivity contribution in [2.45, 2.75) is 39.7 Å². The first-order valence-corrected chi connectivity index (χ1v) is 3.40. The minimum Gasteiger partial charge on any atom is -0.393 e. The molecule has 50 valence electrons. The summed E-state index contributed by atoms with van der Waals surface area (Å²) in [6.07, 6.45) is 1.88. The highest BCUT2D eigenvalue weighted by Gasteiger charge is 2.07. The SMILES string of the molecule is CCC(O)[C@@H](C)CC. The van der Waals surface area contributed by atoms with Gasteiger partial charge in [0, 0.05) is 0 Å². The lowest BCUT2D eigenvalue weighted by Gasteiger charge is -2.13. The molecule has 0 saturated carbocycles. The van der Waals surface area contributed by atoms with E-state index in [-0.39, 0.29) is 6.10 Å². The summed E-state index contributed by atoms with van der Waals surface area (Å²) in [5.41, 5.74) is 0. The van der Waals surface area contributed by atoms with Gasteiger partial charge in [-0.25, -0.2) is 0 Å². The summed E-state index contributed by atoms with van der Waals surface area (Å²) in [6.45, 7) is 6.19. The Kier molecular flexibility index (Phi) is 3.88. The van der Waals surface area contributed by atoms with Crippen molar-refractivity contribution in [1.82, 2.24) is 0 Å². The maximum absolute atomic E-state index is 9.13. The summed E-state index contributed by atoms with van der Waals surface area (Å²) >= 11 is 0. The fraction of sp³-hybridized carbons (Fsp3) is 1.00. The van der Waals surface area contributed by atoms with Gasteiger partial charge in [-0.15, -0.1) is 0 Å². The fourth-order valence-electron chi connectivity index (χ4n) is 0.674. The van der Waals surface area contributed by atoms with Crippen molar-refractivity contribution in [1.29, 1.82) is 0 Å². The number of rotatable bonds is 3. The van der Waals surface area contributed by atoms with E-state index in [0.29, 0.717) is 5.92 Å². The number of hydrogen-bond donors (Lipinski definition) is 1. The molecule has 2 atom stereocenters. The molecule has 0 aliphatic rings. The van der Waals surface area contributed by atoms with E-state index in [2.05, 4.69) is 13.8 Å². The first-order chi connectivity index (χ1) is 3.72. The highest BCUT2D eigenvalue weighted by molar-refractivity contribution is 4.59. The molecule has 0 fully saturated rings. The summed E-state index contributed by atoms with van der Waals surface area (Å²) in [6, 6.07) is 0. The van der Waals surface area contributed by atoms with E-state index in [1.54, 1.807) is 0 Å². The molecule has 0 amide bonds. The standard InChI is InChI=1S/C7H16O/c1-4-6(3)7(8)5-2/h6-8H,4-5H2,1-3H3/t6-,7?/m0/s1. The Morgan fingerprint density at radius 2 is 1.75 bits per heavy atom. The fourth-order valence-corrected chi connectivity index (χ4v) is 0.674.